The molecule has 2 N–H and O–H groups in total. The van der Waals surface area contributed by atoms with Crippen LogP contribution < -0.4 is 16.6 Å². The molecule has 0 unspecified atom stereocenters. The molecule has 4 aromatic rings. The van der Waals surface area contributed by atoms with Crippen molar-refractivity contribution in [2.45, 2.75) is 13.0 Å². The molecule has 0 atom stereocenters. The van der Waals surface area contributed by atoms with Crippen molar-refractivity contribution in [3.63, 3.8) is 0 Å². The van der Waals surface area contributed by atoms with Crippen LogP contribution in [0, 0.1) is 12.3 Å². The lowest BCUT2D eigenvalue weighted by Crippen LogP contribution is -2.37. The second-order valence-corrected chi connectivity index (χ2v) is 6.64. The van der Waals surface area contributed by atoms with Gasteiger partial charge in [0.25, 0.3) is 5.56 Å². The number of anilines is 1. The van der Waals surface area contributed by atoms with Gasteiger partial charge in [-0.1, -0.05) is 24.1 Å². The number of fused-ring (bicyclic) bond motifs is 2. The number of nitrogens with zero attached hydrogens (tertiary/aromatic N) is 4. The minimum Gasteiger partial charge on any atom is -0.361 e. The zero-order chi connectivity index (χ0) is 19.8. The van der Waals surface area contributed by atoms with Gasteiger partial charge in [0.2, 0.25) is 5.95 Å². The molecule has 0 spiro atoms. The Kier molecular flexibility index (Phi) is 4.28. The fourth-order valence-electron chi connectivity index (χ4n) is 3.47. The van der Waals surface area contributed by atoms with E-state index in [1.807, 2.05) is 24.4 Å². The molecule has 0 bridgehead atoms. The number of rotatable bonds is 5. The van der Waals surface area contributed by atoms with Crippen LogP contribution in [-0.4, -0.2) is 30.2 Å². The van der Waals surface area contributed by atoms with Gasteiger partial charge >= 0.3 is 5.69 Å². The van der Waals surface area contributed by atoms with Gasteiger partial charge in [0, 0.05) is 37.7 Å². The summed E-state index contributed by atoms with van der Waals surface area (Å²) in [7, 11) is 3.04. The van der Waals surface area contributed by atoms with Crippen molar-refractivity contribution >= 4 is 28.0 Å². The van der Waals surface area contributed by atoms with Gasteiger partial charge in [0.1, 0.15) is 0 Å². The van der Waals surface area contributed by atoms with Crippen LogP contribution in [0.5, 0.6) is 0 Å². The van der Waals surface area contributed by atoms with Crippen LogP contribution in [0.2, 0.25) is 0 Å². The first-order valence-corrected chi connectivity index (χ1v) is 8.91. The van der Waals surface area contributed by atoms with Crippen molar-refractivity contribution in [1.82, 2.24) is 23.7 Å². The summed E-state index contributed by atoms with van der Waals surface area (Å²) in [5.74, 6) is 3.03. The Labute approximate surface area is 160 Å². The number of aryl methyl sites for hydroxylation is 1. The third kappa shape index (κ3) is 2.68. The SMILES string of the molecule is C#CCn1c(NCCc2c[nH]c3ccccc23)nc2c1c(=O)n(C)c(=O)n2C. The molecule has 0 saturated carbocycles. The molecular weight excluding hydrogens is 356 g/mol. The smallest absolute Gasteiger partial charge is 0.332 e. The summed E-state index contributed by atoms with van der Waals surface area (Å²) in [5.41, 5.74) is 2.08. The quantitative estimate of drug-likeness (QED) is 0.512. The van der Waals surface area contributed by atoms with Crippen LogP contribution in [0.15, 0.2) is 40.1 Å². The first-order valence-electron chi connectivity index (χ1n) is 8.91. The van der Waals surface area contributed by atoms with Crippen molar-refractivity contribution < 1.29 is 0 Å². The highest BCUT2D eigenvalue weighted by Gasteiger charge is 2.18. The normalized spacial score (nSPS) is 11.2. The number of terminal acetylenes is 1. The summed E-state index contributed by atoms with van der Waals surface area (Å²) in [6.07, 6.45) is 8.26. The Morgan fingerprint density at radius 2 is 2.00 bits per heavy atom. The highest BCUT2D eigenvalue weighted by atomic mass is 16.2. The van der Waals surface area contributed by atoms with Gasteiger partial charge in [-0.25, -0.2) is 4.79 Å². The summed E-state index contributed by atoms with van der Waals surface area (Å²) >= 11 is 0. The monoisotopic (exact) mass is 376 g/mol. The largest absolute Gasteiger partial charge is 0.361 e. The zero-order valence-electron chi connectivity index (χ0n) is 15.7. The van der Waals surface area contributed by atoms with Gasteiger partial charge in [0.05, 0.1) is 6.54 Å². The molecule has 0 aliphatic rings. The molecule has 0 fully saturated rings. The molecule has 28 heavy (non-hydrogen) atoms. The molecule has 0 saturated heterocycles. The fourth-order valence-corrected chi connectivity index (χ4v) is 3.47. The third-order valence-corrected chi connectivity index (χ3v) is 4.95. The maximum Gasteiger partial charge on any atom is 0.332 e. The van der Waals surface area contributed by atoms with E-state index in [1.54, 1.807) is 11.6 Å². The van der Waals surface area contributed by atoms with Crippen LogP contribution in [0.3, 0.4) is 0 Å². The minimum atomic E-state index is -0.423. The van der Waals surface area contributed by atoms with Crippen LogP contribution in [0.4, 0.5) is 5.95 Å². The highest BCUT2D eigenvalue weighted by Crippen LogP contribution is 2.19. The molecule has 0 radical (unpaired) electrons. The summed E-state index contributed by atoms with van der Waals surface area (Å²) < 4.78 is 4.06. The lowest BCUT2D eigenvalue weighted by molar-refractivity contribution is 0.704. The predicted octanol–water partition coefficient (Wildman–Crippen LogP) is 1.20. The number of aromatic amines is 1. The van der Waals surface area contributed by atoms with Crippen molar-refractivity contribution in [2.75, 3.05) is 11.9 Å². The average Bonchev–Trinajstić information content (AvgIpc) is 3.27. The number of imidazole rings is 1. The average molecular weight is 376 g/mol. The maximum atomic E-state index is 12.6. The maximum absolute atomic E-state index is 12.6. The van der Waals surface area contributed by atoms with Crippen LogP contribution in [-0.2, 0) is 27.1 Å². The molecule has 0 amide bonds. The molecule has 8 nitrogen and oxygen atoms in total. The van der Waals surface area contributed by atoms with Crippen LogP contribution in [0.25, 0.3) is 22.1 Å². The Morgan fingerprint density at radius 3 is 2.79 bits per heavy atom. The van der Waals surface area contributed by atoms with Crippen molar-refractivity contribution in [2.24, 2.45) is 14.1 Å². The second kappa shape index (κ2) is 6.78. The highest BCUT2D eigenvalue weighted by molar-refractivity contribution is 5.83. The topological polar surface area (TPSA) is 89.6 Å². The Balaban J connectivity index is 1.69. The first kappa shape index (κ1) is 17.7. The molecule has 142 valence electrons. The number of hydrogen-bond acceptors (Lipinski definition) is 4. The van der Waals surface area contributed by atoms with E-state index in [4.69, 9.17) is 6.42 Å². The summed E-state index contributed by atoms with van der Waals surface area (Å²) in [5, 5.41) is 4.44. The lowest BCUT2D eigenvalue weighted by atomic mass is 10.1. The zero-order valence-corrected chi connectivity index (χ0v) is 15.7. The summed E-state index contributed by atoms with van der Waals surface area (Å²) in [6, 6.07) is 8.12. The molecule has 3 heterocycles. The van der Waals surface area contributed by atoms with E-state index in [9.17, 15) is 9.59 Å². The predicted molar refractivity (Wildman–Crippen MR) is 110 cm³/mol. The third-order valence-electron chi connectivity index (χ3n) is 4.95. The van der Waals surface area contributed by atoms with Gasteiger partial charge in [-0.2, -0.15) is 4.98 Å². The summed E-state index contributed by atoms with van der Waals surface area (Å²) in [4.78, 5) is 32.5. The first-order chi connectivity index (χ1) is 13.5. The van der Waals surface area contributed by atoms with Crippen molar-refractivity contribution in [3.8, 4) is 12.3 Å². The number of hydrogen-bond donors (Lipinski definition) is 2. The Hall–Kier alpha value is -3.73. The van der Waals surface area contributed by atoms with Gasteiger partial charge in [0.15, 0.2) is 11.2 Å². The summed E-state index contributed by atoms with van der Waals surface area (Å²) in [6.45, 7) is 0.781. The molecule has 3 aromatic heterocycles. The van der Waals surface area contributed by atoms with Gasteiger partial charge < -0.3 is 10.3 Å². The molecule has 0 aliphatic carbocycles. The fraction of sp³-hybridized carbons (Fsp3) is 0.250. The van der Waals surface area contributed by atoms with Gasteiger partial charge in [-0.15, -0.1) is 6.42 Å². The van der Waals surface area contributed by atoms with E-state index < -0.39 is 11.2 Å². The molecule has 8 heteroatoms. The molecule has 4 rings (SSSR count). The van der Waals surface area contributed by atoms with E-state index in [1.165, 1.54) is 22.6 Å². The molecule has 1 aromatic carbocycles. The number of benzene rings is 1. The van der Waals surface area contributed by atoms with Crippen LogP contribution in [0.1, 0.15) is 5.56 Å². The van der Waals surface area contributed by atoms with Crippen molar-refractivity contribution in [3.05, 3.63) is 56.9 Å². The number of aromatic nitrogens is 5. The molecule has 0 aliphatic heterocycles. The van der Waals surface area contributed by atoms with Crippen molar-refractivity contribution in [1.29, 1.82) is 0 Å². The minimum absolute atomic E-state index is 0.180. The standard InChI is InChI=1S/C20H20N6O2/c1-4-11-26-16-17(24(2)20(28)25(3)18(16)27)23-19(26)21-10-9-13-12-22-15-8-6-5-7-14(13)15/h1,5-8,12,22H,9-11H2,2-3H3,(H,21,23). The van der Waals surface area contributed by atoms with Gasteiger partial charge in [-0.3, -0.25) is 18.5 Å². The Bertz CT molecular complexity index is 1350. The number of para-hydroxylation sites is 1. The second-order valence-electron chi connectivity index (χ2n) is 6.64. The van der Waals surface area contributed by atoms with E-state index in [0.29, 0.717) is 23.7 Å². The van der Waals surface area contributed by atoms with E-state index in [0.717, 1.165) is 16.5 Å². The van der Waals surface area contributed by atoms with E-state index >= 15 is 0 Å². The Morgan fingerprint density at radius 1 is 1.21 bits per heavy atom. The van der Waals surface area contributed by atoms with E-state index in [-0.39, 0.29) is 6.54 Å². The van der Waals surface area contributed by atoms with Gasteiger partial charge in [-0.05, 0) is 18.1 Å². The van der Waals surface area contributed by atoms with E-state index in [2.05, 4.69) is 27.3 Å². The number of nitrogens with one attached hydrogen (secondary N) is 2. The van der Waals surface area contributed by atoms with Crippen LogP contribution >= 0.6 is 0 Å². The molecular formula is C20H20N6O2. The number of H-pyrrole nitrogens is 1. The lowest BCUT2D eigenvalue weighted by Gasteiger charge is -2.08.